The van der Waals surface area contributed by atoms with Crippen molar-refractivity contribution in [3.8, 4) is 0 Å². The van der Waals surface area contributed by atoms with E-state index in [4.69, 9.17) is 11.6 Å². The number of carbonyl (C=O) groups excluding carboxylic acids is 1. The quantitative estimate of drug-likeness (QED) is 0.550. The Morgan fingerprint density at radius 1 is 1.00 bits per heavy atom. The molecule has 1 atom stereocenters. The molecule has 9 heteroatoms. The summed E-state index contributed by atoms with van der Waals surface area (Å²) in [7, 11) is -3.60. The van der Waals surface area contributed by atoms with Gasteiger partial charge in [-0.15, -0.1) is 11.3 Å². The molecule has 6 nitrogen and oxygen atoms in total. The van der Waals surface area contributed by atoms with Crippen LogP contribution in [0.15, 0.2) is 77.0 Å². The average Bonchev–Trinajstić information content (AvgIpc) is 3.33. The summed E-state index contributed by atoms with van der Waals surface area (Å²) < 4.78 is 27.2. The van der Waals surface area contributed by atoms with Crippen molar-refractivity contribution in [3.05, 3.63) is 87.6 Å². The number of nitrogens with zero attached hydrogens (tertiary/aromatic N) is 2. The molecule has 0 aliphatic carbocycles. The Hall–Kier alpha value is -2.23. The highest BCUT2D eigenvalue weighted by Crippen LogP contribution is 2.26. The van der Waals surface area contributed by atoms with Gasteiger partial charge >= 0.3 is 0 Å². The molecule has 1 saturated heterocycles. The van der Waals surface area contributed by atoms with E-state index >= 15 is 0 Å². The van der Waals surface area contributed by atoms with Gasteiger partial charge in [-0.1, -0.05) is 54.1 Å². The van der Waals surface area contributed by atoms with Gasteiger partial charge < -0.3 is 5.32 Å². The monoisotopic (exact) mass is 489 g/mol. The lowest BCUT2D eigenvalue weighted by atomic mass is 10.1. The number of nitrogens with one attached hydrogen (secondary N) is 1. The van der Waals surface area contributed by atoms with Crippen LogP contribution >= 0.6 is 22.9 Å². The van der Waals surface area contributed by atoms with E-state index in [-0.39, 0.29) is 23.4 Å². The lowest BCUT2D eigenvalue weighted by Gasteiger charge is -2.33. The Balaban J connectivity index is 1.36. The molecule has 4 rings (SSSR count). The van der Waals surface area contributed by atoms with Crippen molar-refractivity contribution in [1.29, 1.82) is 0 Å². The molecule has 0 spiro atoms. The molecule has 32 heavy (non-hydrogen) atoms. The van der Waals surface area contributed by atoms with Crippen LogP contribution in [0.3, 0.4) is 0 Å². The number of benzene rings is 2. The number of thiophene rings is 1. The number of piperazine rings is 1. The second-order valence-corrected chi connectivity index (χ2v) is 10.9. The van der Waals surface area contributed by atoms with Crippen LogP contribution in [0.5, 0.6) is 0 Å². The van der Waals surface area contributed by atoms with Crippen LogP contribution in [0.2, 0.25) is 5.02 Å². The van der Waals surface area contributed by atoms with Gasteiger partial charge in [-0.3, -0.25) is 9.69 Å². The van der Waals surface area contributed by atoms with E-state index in [9.17, 15) is 13.2 Å². The fourth-order valence-corrected chi connectivity index (χ4v) is 6.26. The fourth-order valence-electron chi connectivity index (χ4n) is 3.73. The molecule has 2 aromatic carbocycles. The van der Waals surface area contributed by atoms with Crippen molar-refractivity contribution in [1.82, 2.24) is 14.5 Å². The zero-order valence-electron chi connectivity index (χ0n) is 17.4. The first-order chi connectivity index (χ1) is 15.4. The van der Waals surface area contributed by atoms with Crippen LogP contribution in [-0.2, 0) is 14.8 Å². The Morgan fingerprint density at radius 2 is 1.75 bits per heavy atom. The van der Waals surface area contributed by atoms with Crippen molar-refractivity contribution in [2.45, 2.75) is 10.9 Å². The Labute approximate surface area is 197 Å². The summed E-state index contributed by atoms with van der Waals surface area (Å²) in [6.07, 6.45) is 0. The van der Waals surface area contributed by atoms with Crippen LogP contribution in [0, 0.1) is 0 Å². The molecule has 0 bridgehead atoms. The lowest BCUT2D eigenvalue weighted by molar-refractivity contribution is -0.123. The molecule has 1 N–H and O–H groups in total. The number of hydrogen-bond donors (Lipinski definition) is 1. The molecule has 168 valence electrons. The summed E-state index contributed by atoms with van der Waals surface area (Å²) in [5.41, 5.74) is 1.03. The third-order valence-electron chi connectivity index (χ3n) is 5.40. The van der Waals surface area contributed by atoms with Gasteiger partial charge in [0.05, 0.1) is 17.5 Å². The van der Waals surface area contributed by atoms with E-state index in [1.165, 1.54) is 10.4 Å². The van der Waals surface area contributed by atoms with Crippen LogP contribution in [0.25, 0.3) is 0 Å². The normalized spacial score (nSPS) is 16.5. The van der Waals surface area contributed by atoms with Crippen molar-refractivity contribution in [3.63, 3.8) is 0 Å². The van der Waals surface area contributed by atoms with Gasteiger partial charge in [0.1, 0.15) is 0 Å². The number of rotatable bonds is 7. The minimum Gasteiger partial charge on any atom is -0.343 e. The van der Waals surface area contributed by atoms with Crippen molar-refractivity contribution < 1.29 is 13.2 Å². The third-order valence-corrected chi connectivity index (χ3v) is 8.47. The summed E-state index contributed by atoms with van der Waals surface area (Å²) in [4.78, 5) is 16.1. The summed E-state index contributed by atoms with van der Waals surface area (Å²) in [6, 6.07) is 20.0. The molecule has 1 amide bonds. The SMILES string of the molecule is O=C(CN1CCN(S(=O)(=O)c2cccc(Cl)c2)CC1)NC(c1ccccc1)c1cccs1. The Kier molecular flexibility index (Phi) is 7.27. The van der Waals surface area contributed by atoms with Gasteiger partial charge in [0.2, 0.25) is 15.9 Å². The maximum absolute atomic E-state index is 12.9. The average molecular weight is 490 g/mol. The molecule has 0 radical (unpaired) electrons. The molecule has 1 unspecified atom stereocenters. The maximum atomic E-state index is 12.9. The van der Waals surface area contributed by atoms with Gasteiger partial charge in [-0.25, -0.2) is 8.42 Å². The second-order valence-electron chi connectivity index (χ2n) is 7.56. The number of halogens is 1. The molecule has 1 aromatic heterocycles. The van der Waals surface area contributed by atoms with Crippen LogP contribution in [0.4, 0.5) is 0 Å². The second kappa shape index (κ2) is 10.1. The minimum absolute atomic E-state index is 0.0848. The van der Waals surface area contributed by atoms with Gasteiger partial charge in [0.25, 0.3) is 0 Å². The number of carbonyl (C=O) groups is 1. The molecule has 2 heterocycles. The van der Waals surface area contributed by atoms with Crippen molar-refractivity contribution in [2.75, 3.05) is 32.7 Å². The van der Waals surface area contributed by atoms with E-state index in [2.05, 4.69) is 5.32 Å². The molecular weight excluding hydrogens is 466 g/mol. The summed E-state index contributed by atoms with van der Waals surface area (Å²) >= 11 is 7.56. The molecule has 1 fully saturated rings. The fraction of sp³-hybridized carbons (Fsp3) is 0.261. The molecule has 3 aromatic rings. The first-order valence-electron chi connectivity index (χ1n) is 10.3. The largest absolute Gasteiger partial charge is 0.343 e. The topological polar surface area (TPSA) is 69.7 Å². The van der Waals surface area contributed by atoms with E-state index in [1.54, 1.807) is 29.5 Å². The van der Waals surface area contributed by atoms with Gasteiger partial charge in [0.15, 0.2) is 0 Å². The predicted molar refractivity (Wildman–Crippen MR) is 127 cm³/mol. The molecule has 0 saturated carbocycles. The van der Waals surface area contributed by atoms with E-state index in [0.29, 0.717) is 31.2 Å². The molecule has 1 aliphatic heterocycles. The first-order valence-corrected chi connectivity index (χ1v) is 13.0. The predicted octanol–water partition coefficient (Wildman–Crippen LogP) is 3.61. The van der Waals surface area contributed by atoms with E-state index in [0.717, 1.165) is 10.4 Å². The highest BCUT2D eigenvalue weighted by Gasteiger charge is 2.29. The maximum Gasteiger partial charge on any atom is 0.243 e. The smallest absolute Gasteiger partial charge is 0.243 e. The van der Waals surface area contributed by atoms with E-state index < -0.39 is 10.0 Å². The van der Waals surface area contributed by atoms with Crippen molar-refractivity contribution >= 4 is 38.9 Å². The van der Waals surface area contributed by atoms with E-state index in [1.807, 2.05) is 52.7 Å². The van der Waals surface area contributed by atoms with Crippen LogP contribution in [0.1, 0.15) is 16.5 Å². The highest BCUT2D eigenvalue weighted by atomic mass is 35.5. The summed E-state index contributed by atoms with van der Waals surface area (Å²) in [5, 5.41) is 5.53. The van der Waals surface area contributed by atoms with Crippen LogP contribution < -0.4 is 5.32 Å². The zero-order valence-corrected chi connectivity index (χ0v) is 19.7. The first kappa shape index (κ1) is 22.9. The zero-order chi connectivity index (χ0) is 22.6. The standard InChI is InChI=1S/C23H24ClN3O3S2/c24-19-8-4-9-20(16-19)32(29,30)27-13-11-26(12-14-27)17-22(28)25-23(21-10-5-15-31-21)18-6-2-1-3-7-18/h1-10,15-16,23H,11-14,17H2,(H,25,28). The van der Waals surface area contributed by atoms with Gasteiger partial charge in [0, 0.05) is 36.1 Å². The Morgan fingerprint density at radius 3 is 2.41 bits per heavy atom. The number of hydrogen-bond acceptors (Lipinski definition) is 5. The molecular formula is C23H24ClN3O3S2. The van der Waals surface area contributed by atoms with Gasteiger partial charge in [-0.2, -0.15) is 4.31 Å². The Bertz CT molecular complexity index is 1150. The molecule has 1 aliphatic rings. The summed E-state index contributed by atoms with van der Waals surface area (Å²) in [6.45, 7) is 1.86. The highest BCUT2D eigenvalue weighted by molar-refractivity contribution is 7.89. The lowest BCUT2D eigenvalue weighted by Crippen LogP contribution is -2.51. The minimum atomic E-state index is -3.60. The number of amides is 1. The van der Waals surface area contributed by atoms with Crippen LogP contribution in [-0.4, -0.2) is 56.3 Å². The van der Waals surface area contributed by atoms with Gasteiger partial charge in [-0.05, 0) is 35.2 Å². The summed E-state index contributed by atoms with van der Waals surface area (Å²) in [5.74, 6) is -0.0848. The number of sulfonamides is 1. The third kappa shape index (κ3) is 5.39. The van der Waals surface area contributed by atoms with Crippen molar-refractivity contribution in [2.24, 2.45) is 0 Å².